The zero-order valence-corrected chi connectivity index (χ0v) is 9.51. The van der Waals surface area contributed by atoms with Gasteiger partial charge in [0.1, 0.15) is 5.69 Å². The number of hydrogen-bond donors (Lipinski definition) is 1. The smallest absolute Gasteiger partial charge is 0.355 e. The van der Waals surface area contributed by atoms with E-state index in [4.69, 9.17) is 4.74 Å². The molecule has 3 nitrogen and oxygen atoms in total. The molecule has 1 N–H and O–H groups in total. The van der Waals surface area contributed by atoms with Crippen molar-refractivity contribution in [1.82, 2.24) is 4.98 Å². The predicted octanol–water partition coefficient (Wildman–Crippen LogP) is 2.92. The molecule has 84 valence electrons. The van der Waals surface area contributed by atoms with Crippen LogP contribution in [0, 0.1) is 0 Å². The maximum absolute atomic E-state index is 11.5. The standard InChI is InChI=1S/C12H19NO2/c1-3-5-6-7-10-8-9-13-11(10)12(14)15-4-2/h8-9,13H,3-7H2,1-2H3. The van der Waals surface area contributed by atoms with Crippen molar-refractivity contribution in [2.24, 2.45) is 0 Å². The van der Waals surface area contributed by atoms with Crippen LogP contribution in [0.25, 0.3) is 0 Å². The number of carbonyl (C=O) groups is 1. The molecule has 0 fully saturated rings. The number of unbranched alkanes of at least 4 members (excludes halogenated alkanes) is 2. The van der Waals surface area contributed by atoms with Gasteiger partial charge < -0.3 is 9.72 Å². The second-order valence-electron chi connectivity index (χ2n) is 3.56. The van der Waals surface area contributed by atoms with Crippen molar-refractivity contribution in [3.63, 3.8) is 0 Å². The molecule has 0 aliphatic carbocycles. The highest BCUT2D eigenvalue weighted by Gasteiger charge is 2.12. The first kappa shape index (κ1) is 11.8. The van der Waals surface area contributed by atoms with Gasteiger partial charge in [0.2, 0.25) is 0 Å². The lowest BCUT2D eigenvalue weighted by atomic mass is 10.1. The summed E-state index contributed by atoms with van der Waals surface area (Å²) in [5.41, 5.74) is 1.69. The van der Waals surface area contributed by atoms with Gasteiger partial charge in [0.05, 0.1) is 6.61 Å². The number of rotatable bonds is 6. The van der Waals surface area contributed by atoms with E-state index in [1.54, 1.807) is 6.20 Å². The SMILES string of the molecule is CCCCCc1cc[nH]c1C(=O)OCC. The molecule has 15 heavy (non-hydrogen) atoms. The third-order valence-corrected chi connectivity index (χ3v) is 2.36. The van der Waals surface area contributed by atoms with Gasteiger partial charge >= 0.3 is 5.97 Å². The summed E-state index contributed by atoms with van der Waals surface area (Å²) >= 11 is 0. The molecule has 0 amide bonds. The van der Waals surface area contributed by atoms with E-state index in [2.05, 4.69) is 11.9 Å². The lowest BCUT2D eigenvalue weighted by Crippen LogP contribution is -2.07. The number of aryl methyl sites for hydroxylation is 1. The van der Waals surface area contributed by atoms with Crippen molar-refractivity contribution in [1.29, 1.82) is 0 Å². The highest BCUT2D eigenvalue weighted by Crippen LogP contribution is 2.12. The number of aromatic amines is 1. The van der Waals surface area contributed by atoms with Crippen LogP contribution >= 0.6 is 0 Å². The fourth-order valence-corrected chi connectivity index (χ4v) is 1.57. The van der Waals surface area contributed by atoms with Crippen LogP contribution in [-0.2, 0) is 11.2 Å². The molecule has 1 aromatic rings. The first-order chi connectivity index (χ1) is 7.29. The number of esters is 1. The van der Waals surface area contributed by atoms with Gasteiger partial charge in [-0.25, -0.2) is 4.79 Å². The van der Waals surface area contributed by atoms with E-state index in [9.17, 15) is 4.79 Å². The molecule has 0 aliphatic heterocycles. The van der Waals surface area contributed by atoms with Gasteiger partial charge in [-0.15, -0.1) is 0 Å². The molecule has 0 aliphatic rings. The van der Waals surface area contributed by atoms with Crippen LogP contribution in [0.15, 0.2) is 12.3 Å². The molecule has 1 heterocycles. The molecule has 0 unspecified atom stereocenters. The summed E-state index contributed by atoms with van der Waals surface area (Å²) in [5, 5.41) is 0. The van der Waals surface area contributed by atoms with Crippen molar-refractivity contribution >= 4 is 5.97 Å². The quantitative estimate of drug-likeness (QED) is 0.578. The Balaban J connectivity index is 2.56. The zero-order chi connectivity index (χ0) is 11.1. The fourth-order valence-electron chi connectivity index (χ4n) is 1.57. The first-order valence-electron chi connectivity index (χ1n) is 5.63. The average Bonchev–Trinajstić information content (AvgIpc) is 2.67. The van der Waals surface area contributed by atoms with Crippen LogP contribution in [0.5, 0.6) is 0 Å². The van der Waals surface area contributed by atoms with Crippen LogP contribution in [-0.4, -0.2) is 17.6 Å². The van der Waals surface area contributed by atoms with E-state index in [-0.39, 0.29) is 5.97 Å². The Labute approximate surface area is 90.8 Å². The molecule has 0 aromatic carbocycles. The maximum atomic E-state index is 11.5. The van der Waals surface area contributed by atoms with E-state index in [1.165, 1.54) is 12.8 Å². The Morgan fingerprint density at radius 2 is 2.20 bits per heavy atom. The van der Waals surface area contributed by atoms with E-state index in [1.807, 2.05) is 13.0 Å². The summed E-state index contributed by atoms with van der Waals surface area (Å²) in [6, 6.07) is 1.96. The Morgan fingerprint density at radius 3 is 2.87 bits per heavy atom. The number of carbonyl (C=O) groups excluding carboxylic acids is 1. The van der Waals surface area contributed by atoms with E-state index in [0.29, 0.717) is 12.3 Å². The molecular formula is C12H19NO2. The molecular weight excluding hydrogens is 190 g/mol. The largest absolute Gasteiger partial charge is 0.461 e. The van der Waals surface area contributed by atoms with Crippen molar-refractivity contribution in [2.45, 2.75) is 39.5 Å². The Bertz CT molecular complexity index is 304. The van der Waals surface area contributed by atoms with Gasteiger partial charge in [-0.05, 0) is 31.4 Å². The number of nitrogens with one attached hydrogen (secondary N) is 1. The molecule has 1 aromatic heterocycles. The summed E-state index contributed by atoms with van der Waals surface area (Å²) in [6.45, 7) is 4.41. The molecule has 0 spiro atoms. The lowest BCUT2D eigenvalue weighted by Gasteiger charge is -2.03. The monoisotopic (exact) mass is 209 g/mol. The molecule has 3 heteroatoms. The second-order valence-corrected chi connectivity index (χ2v) is 3.56. The van der Waals surface area contributed by atoms with Gasteiger partial charge in [0.25, 0.3) is 0 Å². The number of aromatic nitrogens is 1. The van der Waals surface area contributed by atoms with Crippen molar-refractivity contribution in [3.05, 3.63) is 23.5 Å². The summed E-state index contributed by atoms with van der Waals surface area (Å²) in [7, 11) is 0. The molecule has 1 rings (SSSR count). The highest BCUT2D eigenvalue weighted by atomic mass is 16.5. The van der Waals surface area contributed by atoms with Crippen molar-refractivity contribution < 1.29 is 9.53 Å². The molecule has 0 bridgehead atoms. The third kappa shape index (κ3) is 3.42. The topological polar surface area (TPSA) is 42.1 Å². The summed E-state index contributed by atoms with van der Waals surface area (Å²) in [5.74, 6) is -0.242. The first-order valence-corrected chi connectivity index (χ1v) is 5.63. The van der Waals surface area contributed by atoms with Crippen LogP contribution in [0.3, 0.4) is 0 Å². The highest BCUT2D eigenvalue weighted by molar-refractivity contribution is 5.89. The van der Waals surface area contributed by atoms with Crippen molar-refractivity contribution in [3.8, 4) is 0 Å². The fraction of sp³-hybridized carbons (Fsp3) is 0.583. The van der Waals surface area contributed by atoms with Crippen LogP contribution in [0.1, 0.15) is 49.2 Å². The normalized spacial score (nSPS) is 10.3. The molecule has 0 saturated heterocycles. The number of H-pyrrole nitrogens is 1. The van der Waals surface area contributed by atoms with Crippen LogP contribution in [0.2, 0.25) is 0 Å². The molecule has 0 saturated carbocycles. The Morgan fingerprint density at radius 1 is 1.40 bits per heavy atom. The lowest BCUT2D eigenvalue weighted by molar-refractivity contribution is 0.0519. The summed E-state index contributed by atoms with van der Waals surface area (Å²) < 4.78 is 4.96. The Kier molecular flexibility index (Phi) is 4.95. The van der Waals surface area contributed by atoms with Gasteiger partial charge in [0.15, 0.2) is 0 Å². The zero-order valence-electron chi connectivity index (χ0n) is 9.51. The minimum atomic E-state index is -0.242. The van der Waals surface area contributed by atoms with E-state index >= 15 is 0 Å². The number of hydrogen-bond acceptors (Lipinski definition) is 2. The predicted molar refractivity (Wildman–Crippen MR) is 60.0 cm³/mol. The minimum absolute atomic E-state index is 0.242. The van der Waals surface area contributed by atoms with Gasteiger partial charge in [-0.1, -0.05) is 19.8 Å². The van der Waals surface area contributed by atoms with Gasteiger partial charge in [-0.3, -0.25) is 0 Å². The van der Waals surface area contributed by atoms with E-state index in [0.717, 1.165) is 18.4 Å². The second kappa shape index (κ2) is 6.27. The minimum Gasteiger partial charge on any atom is -0.461 e. The number of ether oxygens (including phenoxy) is 1. The molecule has 0 atom stereocenters. The average molecular weight is 209 g/mol. The Hall–Kier alpha value is -1.25. The van der Waals surface area contributed by atoms with Crippen LogP contribution in [0.4, 0.5) is 0 Å². The maximum Gasteiger partial charge on any atom is 0.355 e. The van der Waals surface area contributed by atoms with Gasteiger partial charge in [-0.2, -0.15) is 0 Å². The van der Waals surface area contributed by atoms with E-state index < -0.39 is 0 Å². The van der Waals surface area contributed by atoms with Crippen LogP contribution < -0.4 is 0 Å². The van der Waals surface area contributed by atoms with Crippen molar-refractivity contribution in [2.75, 3.05) is 6.61 Å². The summed E-state index contributed by atoms with van der Waals surface area (Å²) in [4.78, 5) is 14.4. The summed E-state index contributed by atoms with van der Waals surface area (Å²) in [6.07, 6.45) is 6.27. The third-order valence-electron chi connectivity index (χ3n) is 2.36. The molecule has 0 radical (unpaired) electrons. The van der Waals surface area contributed by atoms with Gasteiger partial charge in [0, 0.05) is 6.20 Å².